The molecule has 0 radical (unpaired) electrons. The number of hydrogen-bond donors (Lipinski definition) is 1. The van der Waals surface area contributed by atoms with Crippen molar-refractivity contribution >= 4 is 5.95 Å². The Balaban J connectivity index is 2.11. The van der Waals surface area contributed by atoms with Gasteiger partial charge in [0.2, 0.25) is 5.95 Å². The van der Waals surface area contributed by atoms with Crippen molar-refractivity contribution in [3.05, 3.63) is 17.5 Å². The van der Waals surface area contributed by atoms with Crippen LogP contribution in [-0.2, 0) is 6.54 Å². The fraction of sp³-hybridized carbons (Fsp3) is 0.750. The Labute approximate surface area is 123 Å². The van der Waals surface area contributed by atoms with E-state index in [2.05, 4.69) is 36.0 Å². The second-order valence-electron chi connectivity index (χ2n) is 5.64. The summed E-state index contributed by atoms with van der Waals surface area (Å²) in [6.45, 7) is 9.25. The normalized spacial score (nSPS) is 16.4. The molecule has 0 atom stereocenters. The SMILES string of the molecule is CCNCc1cnc(N(CC)C2CCCCC2)nc1C. The summed E-state index contributed by atoms with van der Waals surface area (Å²) in [6.07, 6.45) is 8.64. The van der Waals surface area contributed by atoms with Gasteiger partial charge in [-0.1, -0.05) is 26.2 Å². The van der Waals surface area contributed by atoms with E-state index in [1.54, 1.807) is 0 Å². The number of anilines is 1. The lowest BCUT2D eigenvalue weighted by molar-refractivity contribution is 0.414. The Hall–Kier alpha value is -1.16. The lowest BCUT2D eigenvalue weighted by atomic mass is 9.94. The maximum atomic E-state index is 4.75. The van der Waals surface area contributed by atoms with Crippen LogP contribution in [0.5, 0.6) is 0 Å². The van der Waals surface area contributed by atoms with E-state index >= 15 is 0 Å². The van der Waals surface area contributed by atoms with Crippen LogP contribution in [0.1, 0.15) is 57.2 Å². The third kappa shape index (κ3) is 3.69. The molecule has 1 N–H and O–H groups in total. The first-order chi connectivity index (χ1) is 9.76. The third-order valence-corrected chi connectivity index (χ3v) is 4.25. The highest BCUT2D eigenvalue weighted by Crippen LogP contribution is 2.25. The molecule has 20 heavy (non-hydrogen) atoms. The lowest BCUT2D eigenvalue weighted by Gasteiger charge is -2.33. The van der Waals surface area contributed by atoms with Crippen LogP contribution in [0.4, 0.5) is 5.95 Å². The minimum absolute atomic E-state index is 0.632. The van der Waals surface area contributed by atoms with Crippen LogP contribution in [0, 0.1) is 6.92 Å². The average Bonchev–Trinajstić information content (AvgIpc) is 2.48. The molecular formula is C16H28N4. The minimum atomic E-state index is 0.632. The average molecular weight is 276 g/mol. The van der Waals surface area contributed by atoms with Crippen LogP contribution in [-0.4, -0.2) is 29.1 Å². The molecule has 0 unspecified atom stereocenters. The van der Waals surface area contributed by atoms with E-state index in [1.165, 1.54) is 37.7 Å². The van der Waals surface area contributed by atoms with Crippen molar-refractivity contribution in [2.75, 3.05) is 18.0 Å². The van der Waals surface area contributed by atoms with Gasteiger partial charge in [0, 0.05) is 36.6 Å². The largest absolute Gasteiger partial charge is 0.338 e. The molecule has 4 heteroatoms. The van der Waals surface area contributed by atoms with Crippen LogP contribution in [0.2, 0.25) is 0 Å². The fourth-order valence-electron chi connectivity index (χ4n) is 3.01. The Bertz CT molecular complexity index is 413. The zero-order valence-electron chi connectivity index (χ0n) is 13.2. The van der Waals surface area contributed by atoms with Gasteiger partial charge in [-0.3, -0.25) is 0 Å². The predicted molar refractivity (Wildman–Crippen MR) is 84.0 cm³/mol. The summed E-state index contributed by atoms with van der Waals surface area (Å²) < 4.78 is 0. The zero-order chi connectivity index (χ0) is 14.4. The molecule has 1 fully saturated rings. The summed E-state index contributed by atoms with van der Waals surface area (Å²) in [4.78, 5) is 11.8. The fourth-order valence-corrected chi connectivity index (χ4v) is 3.01. The van der Waals surface area contributed by atoms with Crippen LogP contribution in [0.3, 0.4) is 0 Å². The van der Waals surface area contributed by atoms with Gasteiger partial charge in [0.1, 0.15) is 0 Å². The Morgan fingerprint density at radius 1 is 1.25 bits per heavy atom. The Morgan fingerprint density at radius 2 is 2.00 bits per heavy atom. The molecule has 0 spiro atoms. The van der Waals surface area contributed by atoms with E-state index in [9.17, 15) is 0 Å². The van der Waals surface area contributed by atoms with Crippen molar-refractivity contribution in [2.24, 2.45) is 0 Å². The minimum Gasteiger partial charge on any atom is -0.338 e. The van der Waals surface area contributed by atoms with Gasteiger partial charge >= 0.3 is 0 Å². The van der Waals surface area contributed by atoms with Crippen molar-refractivity contribution in [1.29, 1.82) is 0 Å². The molecule has 1 aromatic rings. The molecule has 0 aliphatic heterocycles. The summed E-state index contributed by atoms with van der Waals surface area (Å²) >= 11 is 0. The van der Waals surface area contributed by atoms with E-state index in [-0.39, 0.29) is 0 Å². The standard InChI is InChI=1S/C16H28N4/c1-4-17-11-14-12-18-16(19-13(14)3)20(5-2)15-9-7-6-8-10-15/h12,15,17H,4-11H2,1-3H3. The quantitative estimate of drug-likeness (QED) is 0.867. The zero-order valence-corrected chi connectivity index (χ0v) is 13.2. The number of nitrogens with one attached hydrogen (secondary N) is 1. The van der Waals surface area contributed by atoms with Crippen molar-refractivity contribution in [1.82, 2.24) is 15.3 Å². The first-order valence-electron chi connectivity index (χ1n) is 8.06. The molecule has 1 heterocycles. The van der Waals surface area contributed by atoms with Gasteiger partial charge in [0.25, 0.3) is 0 Å². The van der Waals surface area contributed by atoms with E-state index < -0.39 is 0 Å². The molecule has 112 valence electrons. The topological polar surface area (TPSA) is 41.1 Å². The van der Waals surface area contributed by atoms with E-state index in [0.29, 0.717) is 6.04 Å². The molecule has 0 amide bonds. The molecular weight excluding hydrogens is 248 g/mol. The predicted octanol–water partition coefficient (Wildman–Crippen LogP) is 3.05. The molecule has 1 aliphatic rings. The number of aromatic nitrogens is 2. The number of rotatable bonds is 6. The molecule has 0 aromatic carbocycles. The lowest BCUT2D eigenvalue weighted by Crippen LogP contribution is -2.38. The third-order valence-electron chi connectivity index (χ3n) is 4.25. The maximum Gasteiger partial charge on any atom is 0.225 e. The van der Waals surface area contributed by atoms with Gasteiger partial charge in [-0.25, -0.2) is 9.97 Å². The van der Waals surface area contributed by atoms with Crippen LogP contribution in [0.25, 0.3) is 0 Å². The second kappa shape index (κ2) is 7.58. The van der Waals surface area contributed by atoms with E-state index in [1.807, 2.05) is 6.20 Å². The summed E-state index contributed by atoms with van der Waals surface area (Å²) in [5, 5.41) is 3.34. The van der Waals surface area contributed by atoms with Crippen molar-refractivity contribution in [3.63, 3.8) is 0 Å². The van der Waals surface area contributed by atoms with E-state index in [4.69, 9.17) is 4.98 Å². The summed E-state index contributed by atoms with van der Waals surface area (Å²) in [5.74, 6) is 0.914. The monoisotopic (exact) mass is 276 g/mol. The first kappa shape index (κ1) is 15.2. The second-order valence-corrected chi connectivity index (χ2v) is 5.64. The number of nitrogens with zero attached hydrogens (tertiary/aromatic N) is 3. The van der Waals surface area contributed by atoms with Crippen molar-refractivity contribution in [3.8, 4) is 0 Å². The van der Waals surface area contributed by atoms with Crippen molar-refractivity contribution < 1.29 is 0 Å². The number of hydrogen-bond acceptors (Lipinski definition) is 4. The van der Waals surface area contributed by atoms with Crippen LogP contribution < -0.4 is 10.2 Å². The molecule has 2 rings (SSSR count). The van der Waals surface area contributed by atoms with E-state index in [0.717, 1.165) is 31.3 Å². The van der Waals surface area contributed by atoms with Gasteiger partial charge in [-0.15, -0.1) is 0 Å². The highest BCUT2D eigenvalue weighted by Gasteiger charge is 2.22. The van der Waals surface area contributed by atoms with Gasteiger partial charge in [0.05, 0.1) is 0 Å². The molecule has 1 saturated carbocycles. The maximum absolute atomic E-state index is 4.75. The van der Waals surface area contributed by atoms with Crippen molar-refractivity contribution in [2.45, 2.75) is 65.5 Å². The highest BCUT2D eigenvalue weighted by atomic mass is 15.3. The van der Waals surface area contributed by atoms with Gasteiger partial charge < -0.3 is 10.2 Å². The summed E-state index contributed by atoms with van der Waals surface area (Å²) in [5.41, 5.74) is 2.31. The molecule has 0 bridgehead atoms. The highest BCUT2D eigenvalue weighted by molar-refractivity contribution is 5.34. The number of aryl methyl sites for hydroxylation is 1. The summed E-state index contributed by atoms with van der Waals surface area (Å²) in [6, 6.07) is 0.632. The smallest absolute Gasteiger partial charge is 0.225 e. The van der Waals surface area contributed by atoms with Crippen LogP contribution >= 0.6 is 0 Å². The summed E-state index contributed by atoms with van der Waals surface area (Å²) in [7, 11) is 0. The molecule has 1 aliphatic carbocycles. The molecule has 1 aromatic heterocycles. The Kier molecular flexibility index (Phi) is 5.77. The molecule has 0 saturated heterocycles. The Morgan fingerprint density at radius 3 is 2.60 bits per heavy atom. The first-order valence-corrected chi connectivity index (χ1v) is 8.06. The van der Waals surface area contributed by atoms with Gasteiger partial charge in [0.15, 0.2) is 0 Å². The molecule has 4 nitrogen and oxygen atoms in total. The van der Waals surface area contributed by atoms with Gasteiger partial charge in [-0.2, -0.15) is 0 Å². The van der Waals surface area contributed by atoms with Gasteiger partial charge in [-0.05, 0) is 33.2 Å². The van der Waals surface area contributed by atoms with Crippen LogP contribution in [0.15, 0.2) is 6.20 Å².